The van der Waals surface area contributed by atoms with Gasteiger partial charge in [0.2, 0.25) is 0 Å². The van der Waals surface area contributed by atoms with Crippen LogP contribution >= 0.6 is 0 Å². The number of Topliss-reactive ketones (excluding diaryl/α,β-unsaturated/α-hetero) is 1. The summed E-state index contributed by atoms with van der Waals surface area (Å²) >= 11 is 0. The van der Waals surface area contributed by atoms with Crippen LogP contribution in [-0.2, 0) is 4.79 Å². The number of imide groups is 1. The Hall–Kier alpha value is -2.96. The zero-order valence-electron chi connectivity index (χ0n) is 16.5. The quantitative estimate of drug-likeness (QED) is 0.611. The van der Waals surface area contributed by atoms with Gasteiger partial charge in [-0.2, -0.15) is 0 Å². The molecule has 28 heavy (non-hydrogen) atoms. The first-order valence-electron chi connectivity index (χ1n) is 9.36. The zero-order chi connectivity index (χ0) is 20.6. The number of halogens is 1. The normalized spacial score (nSPS) is 15.8. The molecular weight excluding hydrogens is 361 g/mol. The summed E-state index contributed by atoms with van der Waals surface area (Å²) in [5, 5.41) is 2.73. The van der Waals surface area contributed by atoms with Crippen molar-refractivity contribution in [1.82, 2.24) is 14.8 Å². The summed E-state index contributed by atoms with van der Waals surface area (Å²) in [5.41, 5.74) is 1.73. The molecule has 6 nitrogen and oxygen atoms in total. The van der Waals surface area contributed by atoms with E-state index < -0.39 is 11.6 Å². The molecule has 2 aromatic rings. The van der Waals surface area contributed by atoms with Gasteiger partial charge in [0.05, 0.1) is 6.54 Å². The first-order chi connectivity index (χ1) is 13.2. The predicted octanol–water partition coefficient (Wildman–Crippen LogP) is 3.53. The smallest absolute Gasteiger partial charge is 0.323 e. The van der Waals surface area contributed by atoms with E-state index in [1.807, 2.05) is 25.3 Å². The van der Waals surface area contributed by atoms with E-state index in [0.29, 0.717) is 24.1 Å². The van der Waals surface area contributed by atoms with Gasteiger partial charge < -0.3 is 9.88 Å². The van der Waals surface area contributed by atoms with Crippen LogP contribution in [0.25, 0.3) is 5.69 Å². The van der Waals surface area contributed by atoms with Gasteiger partial charge in [-0.25, -0.2) is 9.18 Å². The average molecular weight is 385 g/mol. The Morgan fingerprint density at radius 1 is 1.11 bits per heavy atom. The fraction of sp³-hybridized carbons (Fsp3) is 0.381. The van der Waals surface area contributed by atoms with E-state index >= 15 is 0 Å². The van der Waals surface area contributed by atoms with Crippen molar-refractivity contribution in [1.29, 1.82) is 0 Å². The third-order valence-corrected chi connectivity index (χ3v) is 5.57. The van der Waals surface area contributed by atoms with Gasteiger partial charge >= 0.3 is 6.03 Å². The van der Waals surface area contributed by atoms with Crippen molar-refractivity contribution in [2.24, 2.45) is 0 Å². The SMILES string of the molecule is CCC1(CC)NC(=O)N(CC(=O)c2cc(C)n(-c3ccc(F)cc3)c2C)C1=O. The lowest BCUT2D eigenvalue weighted by Gasteiger charge is -2.22. The summed E-state index contributed by atoms with van der Waals surface area (Å²) in [6.45, 7) is 7.00. The molecule has 1 saturated heterocycles. The molecule has 0 radical (unpaired) electrons. The van der Waals surface area contributed by atoms with Gasteiger partial charge in [0.1, 0.15) is 11.4 Å². The topological polar surface area (TPSA) is 71.4 Å². The summed E-state index contributed by atoms with van der Waals surface area (Å²) in [6, 6.07) is 7.19. The first-order valence-corrected chi connectivity index (χ1v) is 9.36. The van der Waals surface area contributed by atoms with E-state index in [2.05, 4.69) is 5.32 Å². The molecule has 148 valence electrons. The third kappa shape index (κ3) is 3.10. The molecule has 1 aliphatic rings. The van der Waals surface area contributed by atoms with Crippen LogP contribution < -0.4 is 5.32 Å². The van der Waals surface area contributed by atoms with E-state index in [9.17, 15) is 18.8 Å². The number of aryl methyl sites for hydroxylation is 1. The second-order valence-corrected chi connectivity index (χ2v) is 7.13. The average Bonchev–Trinajstić information content (AvgIpc) is 3.10. The van der Waals surface area contributed by atoms with Crippen LogP contribution in [-0.4, -0.2) is 39.3 Å². The van der Waals surface area contributed by atoms with Crippen molar-refractivity contribution in [2.45, 2.75) is 46.1 Å². The van der Waals surface area contributed by atoms with Gasteiger partial charge in [0.15, 0.2) is 5.78 Å². The van der Waals surface area contributed by atoms with Crippen molar-refractivity contribution in [3.05, 3.63) is 53.1 Å². The number of nitrogens with one attached hydrogen (secondary N) is 1. The largest absolute Gasteiger partial charge is 0.325 e. The van der Waals surface area contributed by atoms with Crippen molar-refractivity contribution in [3.63, 3.8) is 0 Å². The van der Waals surface area contributed by atoms with Crippen LogP contribution in [0.3, 0.4) is 0 Å². The van der Waals surface area contributed by atoms with Crippen LogP contribution in [0.5, 0.6) is 0 Å². The number of rotatable bonds is 6. The lowest BCUT2D eigenvalue weighted by molar-refractivity contribution is -0.131. The highest BCUT2D eigenvalue weighted by molar-refractivity contribution is 6.11. The van der Waals surface area contributed by atoms with E-state index in [1.54, 1.807) is 25.1 Å². The number of nitrogens with zero attached hydrogens (tertiary/aromatic N) is 2. The summed E-state index contributed by atoms with van der Waals surface area (Å²) in [7, 11) is 0. The molecule has 3 rings (SSSR count). The number of benzene rings is 1. The second-order valence-electron chi connectivity index (χ2n) is 7.13. The maximum atomic E-state index is 13.2. The van der Waals surface area contributed by atoms with Gasteiger partial charge in [-0.1, -0.05) is 13.8 Å². The molecule has 0 unspecified atom stereocenters. The van der Waals surface area contributed by atoms with Crippen molar-refractivity contribution < 1.29 is 18.8 Å². The molecule has 0 bridgehead atoms. The molecule has 0 aliphatic carbocycles. The molecule has 3 amide bonds. The minimum Gasteiger partial charge on any atom is -0.323 e. The first kappa shape index (κ1) is 19.8. The molecule has 1 aromatic carbocycles. The fourth-order valence-corrected chi connectivity index (χ4v) is 3.81. The zero-order valence-corrected chi connectivity index (χ0v) is 16.5. The monoisotopic (exact) mass is 385 g/mol. The van der Waals surface area contributed by atoms with Crippen molar-refractivity contribution in [2.75, 3.05) is 6.54 Å². The Balaban J connectivity index is 1.88. The maximum Gasteiger partial charge on any atom is 0.325 e. The Bertz CT molecular complexity index is 943. The number of carbonyl (C=O) groups is 3. The number of hydrogen-bond donors (Lipinski definition) is 1. The maximum absolute atomic E-state index is 13.2. The minimum atomic E-state index is -0.928. The van der Waals surface area contributed by atoms with E-state index in [0.717, 1.165) is 16.3 Å². The van der Waals surface area contributed by atoms with Crippen LogP contribution in [0.4, 0.5) is 9.18 Å². The summed E-state index contributed by atoms with van der Waals surface area (Å²) in [6.07, 6.45) is 0.940. The van der Waals surface area contributed by atoms with Crippen LogP contribution in [0.1, 0.15) is 48.4 Å². The Labute approximate surface area is 163 Å². The van der Waals surface area contributed by atoms with Gasteiger partial charge in [-0.05, 0) is 57.0 Å². The minimum absolute atomic E-state index is 0.305. The number of amides is 3. The van der Waals surface area contributed by atoms with Crippen LogP contribution in [0.2, 0.25) is 0 Å². The molecule has 0 atom stereocenters. The Morgan fingerprint density at radius 2 is 1.71 bits per heavy atom. The van der Waals surface area contributed by atoms with Crippen LogP contribution in [0.15, 0.2) is 30.3 Å². The summed E-state index contributed by atoms with van der Waals surface area (Å²) in [5.74, 6) is -1.01. The number of ketones is 1. The highest BCUT2D eigenvalue weighted by Crippen LogP contribution is 2.26. The highest BCUT2D eigenvalue weighted by atomic mass is 19.1. The van der Waals surface area contributed by atoms with Gasteiger partial charge in [0.25, 0.3) is 5.91 Å². The third-order valence-electron chi connectivity index (χ3n) is 5.57. The van der Waals surface area contributed by atoms with Gasteiger partial charge in [-0.15, -0.1) is 0 Å². The summed E-state index contributed by atoms with van der Waals surface area (Å²) in [4.78, 5) is 38.9. The summed E-state index contributed by atoms with van der Waals surface area (Å²) < 4.78 is 15.1. The molecule has 7 heteroatoms. The van der Waals surface area contributed by atoms with E-state index in [-0.39, 0.29) is 24.1 Å². The molecular formula is C21H24FN3O3. The van der Waals surface area contributed by atoms with Crippen LogP contribution in [0, 0.1) is 19.7 Å². The molecule has 1 aliphatic heterocycles. The molecule has 0 spiro atoms. The molecule has 2 heterocycles. The highest BCUT2D eigenvalue weighted by Gasteiger charge is 2.49. The number of aromatic nitrogens is 1. The standard InChI is InChI=1S/C21H24FN3O3/c1-5-21(6-2)19(27)24(20(28)23-21)12-18(26)17-11-13(3)25(14(17)4)16-9-7-15(22)8-10-16/h7-11H,5-6,12H2,1-4H3,(H,23,28). The molecule has 1 N–H and O–H groups in total. The molecule has 1 fully saturated rings. The van der Waals surface area contributed by atoms with Crippen molar-refractivity contribution >= 4 is 17.7 Å². The Kier molecular flexibility index (Phi) is 5.10. The number of hydrogen-bond acceptors (Lipinski definition) is 3. The van der Waals surface area contributed by atoms with Crippen molar-refractivity contribution in [3.8, 4) is 5.69 Å². The lowest BCUT2D eigenvalue weighted by atomic mass is 9.93. The van der Waals surface area contributed by atoms with E-state index in [1.165, 1.54) is 12.1 Å². The predicted molar refractivity (Wildman–Crippen MR) is 103 cm³/mol. The van der Waals surface area contributed by atoms with E-state index in [4.69, 9.17) is 0 Å². The molecule has 0 saturated carbocycles. The Morgan fingerprint density at radius 3 is 2.25 bits per heavy atom. The van der Waals surface area contributed by atoms with Gasteiger partial charge in [0, 0.05) is 22.6 Å². The number of urea groups is 1. The lowest BCUT2D eigenvalue weighted by Crippen LogP contribution is -2.46. The second kappa shape index (κ2) is 7.22. The fourth-order valence-electron chi connectivity index (χ4n) is 3.81. The number of carbonyl (C=O) groups excluding carboxylic acids is 3. The molecule has 1 aromatic heterocycles. The van der Waals surface area contributed by atoms with Gasteiger partial charge in [-0.3, -0.25) is 14.5 Å².